The topological polar surface area (TPSA) is 51.8 Å². The molecule has 0 saturated carbocycles. The Morgan fingerprint density at radius 3 is 2.21 bits per heavy atom. The predicted octanol–water partition coefficient (Wildman–Crippen LogP) is 6.92. The molecule has 2 aromatic carbocycles. The van der Waals surface area contributed by atoms with Crippen molar-refractivity contribution in [2.24, 2.45) is 0 Å². The summed E-state index contributed by atoms with van der Waals surface area (Å²) in [5.41, 5.74) is 10.2. The fraction of sp³-hybridized carbons (Fsp3) is 0.143. The number of nitrogens with zero attached hydrogens (tertiary/aromatic N) is 2. The number of nitrogen functional groups attached to an aromatic ring is 1. The zero-order valence-electron chi connectivity index (χ0n) is 14.6. The van der Waals surface area contributed by atoms with Gasteiger partial charge in [0.15, 0.2) is 0 Å². The molecular formula is C21H15Br2N3S2. The van der Waals surface area contributed by atoms with Crippen LogP contribution in [0.2, 0.25) is 0 Å². The highest BCUT2D eigenvalue weighted by atomic mass is 79.9. The van der Waals surface area contributed by atoms with Crippen molar-refractivity contribution in [3.8, 4) is 0 Å². The summed E-state index contributed by atoms with van der Waals surface area (Å²) in [6.45, 7) is 0. The second-order valence-corrected chi connectivity index (χ2v) is 10.9. The van der Waals surface area contributed by atoms with Gasteiger partial charge in [-0.05, 0) is 47.4 Å². The molecule has 0 fully saturated rings. The third kappa shape index (κ3) is 3.28. The highest BCUT2D eigenvalue weighted by molar-refractivity contribution is 9.10. The molecular weight excluding hydrogens is 518 g/mol. The monoisotopic (exact) mass is 531 g/mol. The van der Waals surface area contributed by atoms with Gasteiger partial charge in [-0.3, -0.25) is 0 Å². The average molecular weight is 533 g/mol. The second-order valence-electron chi connectivity index (χ2n) is 6.70. The molecule has 140 valence electrons. The van der Waals surface area contributed by atoms with Crippen molar-refractivity contribution >= 4 is 71.0 Å². The standard InChI is InChI=1S/C21H15Br2N3S2/c22-13-5-1-11(2-6-13)16-9-15-17-20(24)25-10-26-21(17)28-19(15)18(27-16)12-3-7-14(23)8-4-12/h1-8,10,16,18H,9H2,(H2,24,25,26). The Morgan fingerprint density at radius 2 is 1.54 bits per heavy atom. The number of halogens is 2. The summed E-state index contributed by atoms with van der Waals surface area (Å²) in [6.07, 6.45) is 2.50. The number of nitrogens with two attached hydrogens (primary N) is 1. The fourth-order valence-electron chi connectivity index (χ4n) is 3.65. The Balaban J connectivity index is 1.68. The number of hydrogen-bond donors (Lipinski definition) is 1. The van der Waals surface area contributed by atoms with Gasteiger partial charge in [0.25, 0.3) is 0 Å². The number of thioether (sulfide) groups is 1. The maximum absolute atomic E-state index is 6.27. The van der Waals surface area contributed by atoms with Crippen LogP contribution in [0.4, 0.5) is 5.82 Å². The molecule has 2 N–H and O–H groups in total. The van der Waals surface area contributed by atoms with Crippen molar-refractivity contribution in [1.29, 1.82) is 0 Å². The van der Waals surface area contributed by atoms with E-state index in [9.17, 15) is 0 Å². The molecule has 4 aromatic rings. The van der Waals surface area contributed by atoms with Crippen LogP contribution in [0.3, 0.4) is 0 Å². The van der Waals surface area contributed by atoms with Gasteiger partial charge in [0.05, 0.1) is 10.6 Å². The molecule has 2 atom stereocenters. The summed E-state index contributed by atoms with van der Waals surface area (Å²) in [5, 5.41) is 1.64. The summed E-state index contributed by atoms with van der Waals surface area (Å²) >= 11 is 10.8. The van der Waals surface area contributed by atoms with Crippen LogP contribution in [0, 0.1) is 0 Å². The molecule has 2 unspecified atom stereocenters. The molecule has 1 aliphatic heterocycles. The van der Waals surface area contributed by atoms with Gasteiger partial charge < -0.3 is 5.73 Å². The quantitative estimate of drug-likeness (QED) is 0.304. The third-order valence-electron chi connectivity index (χ3n) is 4.99. The van der Waals surface area contributed by atoms with Crippen molar-refractivity contribution in [3.63, 3.8) is 0 Å². The molecule has 0 saturated heterocycles. The summed E-state index contributed by atoms with van der Waals surface area (Å²) in [5.74, 6) is 0.582. The van der Waals surface area contributed by atoms with Crippen molar-refractivity contribution in [2.75, 3.05) is 5.73 Å². The van der Waals surface area contributed by atoms with E-state index >= 15 is 0 Å². The molecule has 0 bridgehead atoms. The van der Waals surface area contributed by atoms with E-state index < -0.39 is 0 Å². The Kier molecular flexibility index (Phi) is 4.95. The van der Waals surface area contributed by atoms with Gasteiger partial charge in [0, 0.05) is 19.1 Å². The van der Waals surface area contributed by atoms with E-state index in [1.807, 2.05) is 11.8 Å². The van der Waals surface area contributed by atoms with Gasteiger partial charge in [-0.1, -0.05) is 56.1 Å². The summed E-state index contributed by atoms with van der Waals surface area (Å²) in [6, 6.07) is 17.3. The molecule has 3 heterocycles. The number of hydrogen-bond acceptors (Lipinski definition) is 5. The molecule has 2 aromatic heterocycles. The largest absolute Gasteiger partial charge is 0.383 e. The Labute approximate surface area is 188 Å². The van der Waals surface area contributed by atoms with E-state index in [-0.39, 0.29) is 5.25 Å². The molecule has 1 aliphatic rings. The minimum Gasteiger partial charge on any atom is -0.383 e. The Morgan fingerprint density at radius 1 is 0.893 bits per heavy atom. The minimum absolute atomic E-state index is 0.254. The predicted molar refractivity (Wildman–Crippen MR) is 126 cm³/mol. The molecule has 0 spiro atoms. The molecule has 3 nitrogen and oxygen atoms in total. The summed E-state index contributed by atoms with van der Waals surface area (Å²) in [4.78, 5) is 11.1. The van der Waals surface area contributed by atoms with Crippen LogP contribution >= 0.6 is 55.0 Å². The van der Waals surface area contributed by atoms with Crippen molar-refractivity contribution < 1.29 is 0 Å². The second kappa shape index (κ2) is 7.44. The van der Waals surface area contributed by atoms with Crippen molar-refractivity contribution in [1.82, 2.24) is 9.97 Å². The van der Waals surface area contributed by atoms with Crippen molar-refractivity contribution in [3.05, 3.63) is 85.4 Å². The first-order valence-corrected chi connectivity index (χ1v) is 12.1. The summed E-state index contributed by atoms with van der Waals surface area (Å²) in [7, 11) is 0. The van der Waals surface area contributed by atoms with Crippen LogP contribution in [0.15, 0.2) is 63.8 Å². The van der Waals surface area contributed by atoms with Gasteiger partial charge in [-0.2, -0.15) is 0 Å². The van der Waals surface area contributed by atoms with E-state index in [2.05, 4.69) is 90.4 Å². The summed E-state index contributed by atoms with van der Waals surface area (Å²) < 4.78 is 2.19. The third-order valence-corrected chi connectivity index (χ3v) is 8.95. The van der Waals surface area contributed by atoms with E-state index in [0.29, 0.717) is 11.1 Å². The van der Waals surface area contributed by atoms with Crippen LogP contribution in [-0.4, -0.2) is 9.97 Å². The first kappa shape index (κ1) is 18.6. The average Bonchev–Trinajstić information content (AvgIpc) is 3.08. The lowest BCUT2D eigenvalue weighted by Gasteiger charge is -2.30. The molecule has 5 rings (SSSR count). The molecule has 0 amide bonds. The Bertz CT molecular complexity index is 1160. The van der Waals surface area contributed by atoms with E-state index in [0.717, 1.165) is 25.6 Å². The van der Waals surface area contributed by atoms with Gasteiger partial charge in [-0.15, -0.1) is 23.1 Å². The van der Waals surface area contributed by atoms with Gasteiger partial charge in [0.1, 0.15) is 17.0 Å². The molecule has 0 aliphatic carbocycles. The normalized spacial score (nSPS) is 18.9. The smallest absolute Gasteiger partial charge is 0.135 e. The Hall–Kier alpha value is -1.41. The van der Waals surface area contributed by atoms with Crippen LogP contribution in [0.5, 0.6) is 0 Å². The number of rotatable bonds is 2. The van der Waals surface area contributed by atoms with E-state index in [1.165, 1.54) is 21.6 Å². The van der Waals surface area contributed by atoms with Gasteiger partial charge >= 0.3 is 0 Å². The lowest BCUT2D eigenvalue weighted by Crippen LogP contribution is -2.12. The highest BCUT2D eigenvalue weighted by Gasteiger charge is 2.33. The molecule has 28 heavy (non-hydrogen) atoms. The van der Waals surface area contributed by atoms with Crippen LogP contribution < -0.4 is 5.73 Å². The van der Waals surface area contributed by atoms with Crippen LogP contribution in [0.25, 0.3) is 10.2 Å². The highest BCUT2D eigenvalue weighted by Crippen LogP contribution is 2.55. The van der Waals surface area contributed by atoms with Gasteiger partial charge in [-0.25, -0.2) is 9.97 Å². The molecule has 7 heteroatoms. The zero-order valence-corrected chi connectivity index (χ0v) is 19.4. The maximum atomic E-state index is 6.27. The first-order valence-electron chi connectivity index (χ1n) is 8.78. The van der Waals surface area contributed by atoms with Gasteiger partial charge in [0.2, 0.25) is 0 Å². The number of benzene rings is 2. The van der Waals surface area contributed by atoms with E-state index in [4.69, 9.17) is 5.73 Å². The van der Waals surface area contributed by atoms with Crippen LogP contribution in [0.1, 0.15) is 32.1 Å². The fourth-order valence-corrected chi connectivity index (χ4v) is 7.16. The maximum Gasteiger partial charge on any atom is 0.135 e. The number of fused-ring (bicyclic) bond motifs is 3. The zero-order chi connectivity index (χ0) is 19.3. The number of thiophene rings is 1. The minimum atomic E-state index is 0.254. The lowest BCUT2D eigenvalue weighted by atomic mass is 9.98. The van der Waals surface area contributed by atoms with Crippen molar-refractivity contribution in [2.45, 2.75) is 16.9 Å². The van der Waals surface area contributed by atoms with E-state index in [1.54, 1.807) is 17.7 Å². The SMILES string of the molecule is Nc1ncnc2sc3c(c12)CC(c1ccc(Br)cc1)SC3c1ccc(Br)cc1. The van der Waals surface area contributed by atoms with Crippen LogP contribution in [-0.2, 0) is 6.42 Å². The first-order chi connectivity index (χ1) is 13.6. The lowest BCUT2D eigenvalue weighted by molar-refractivity contribution is 0.894. The molecule has 0 radical (unpaired) electrons. The number of aromatic nitrogens is 2. The number of anilines is 1.